The minimum Gasteiger partial charge on any atom is -0.462 e. The maximum Gasteiger partial charge on any atom is 0.341 e. The van der Waals surface area contributed by atoms with Gasteiger partial charge in [-0.15, -0.1) is 34.4 Å². The number of carbonyl (C=O) groups excluding carboxylic acids is 4. The highest BCUT2D eigenvalue weighted by molar-refractivity contribution is 8.00. The molecule has 8 nitrogen and oxygen atoms in total. The summed E-state index contributed by atoms with van der Waals surface area (Å²) in [6.45, 7) is 2.02. The molecule has 0 radical (unpaired) electrons. The molecule has 5 aromatic rings. The van der Waals surface area contributed by atoms with Crippen molar-refractivity contribution in [1.82, 2.24) is 5.32 Å². The SMILES string of the molecule is CCOC(=O)c1c(NC(=O)CSc2cccc(NC(=O)/C(=C/c3cccs3)NC(=O)c3ccccc3)c2)sc2c1CCC(c1ccccc1)C2. The zero-order chi connectivity index (χ0) is 34.9. The van der Waals surface area contributed by atoms with Crippen molar-refractivity contribution in [1.29, 1.82) is 0 Å². The smallest absolute Gasteiger partial charge is 0.341 e. The fourth-order valence-corrected chi connectivity index (χ4v) is 8.48. The Hall–Kier alpha value is -4.97. The molecule has 1 aliphatic carbocycles. The standard InChI is InChI=1S/C39H35N3O5S3/c1-2-47-39(46)35-31-19-18-27(25-11-5-3-6-12-25)21-33(31)50-38(35)42-34(43)24-49-29-16-9-15-28(22-29)40-37(45)32(23-30-17-10-20-48-30)41-36(44)26-13-7-4-8-14-26/h3-17,20,22-23,27H,2,18-19,21,24H2,1H3,(H,40,45)(H,41,44)(H,42,43)/b32-23-. The van der Waals surface area contributed by atoms with Gasteiger partial charge in [0.2, 0.25) is 5.91 Å². The molecule has 6 rings (SSSR count). The Morgan fingerprint density at radius 1 is 0.920 bits per heavy atom. The van der Waals surface area contributed by atoms with Gasteiger partial charge in [-0.1, -0.05) is 60.7 Å². The number of hydrogen-bond acceptors (Lipinski definition) is 8. The number of thioether (sulfide) groups is 1. The Morgan fingerprint density at radius 2 is 1.70 bits per heavy atom. The van der Waals surface area contributed by atoms with E-state index in [1.807, 2.05) is 47.8 Å². The third-order valence-corrected chi connectivity index (χ3v) is 11.1. The van der Waals surface area contributed by atoms with Gasteiger partial charge in [0.15, 0.2) is 0 Å². The summed E-state index contributed by atoms with van der Waals surface area (Å²) in [5, 5.41) is 11.0. The van der Waals surface area contributed by atoms with Crippen LogP contribution < -0.4 is 16.0 Å². The van der Waals surface area contributed by atoms with Crippen LogP contribution in [0.1, 0.15) is 60.9 Å². The molecule has 3 N–H and O–H groups in total. The second-order valence-corrected chi connectivity index (χ2v) is 14.6. The summed E-state index contributed by atoms with van der Waals surface area (Å²) in [5.74, 6) is -1.10. The number of fused-ring (bicyclic) bond motifs is 1. The number of carbonyl (C=O) groups is 4. The number of rotatable bonds is 12. The number of ether oxygens (including phenoxy) is 1. The summed E-state index contributed by atoms with van der Waals surface area (Å²) in [6.07, 6.45) is 4.10. The van der Waals surface area contributed by atoms with Crippen LogP contribution in [0, 0.1) is 0 Å². The van der Waals surface area contributed by atoms with Crippen molar-refractivity contribution in [2.75, 3.05) is 23.0 Å². The van der Waals surface area contributed by atoms with Crippen molar-refractivity contribution < 1.29 is 23.9 Å². The molecule has 1 unspecified atom stereocenters. The maximum atomic E-state index is 13.4. The topological polar surface area (TPSA) is 114 Å². The molecule has 3 aromatic carbocycles. The number of benzene rings is 3. The van der Waals surface area contributed by atoms with Gasteiger partial charge in [0.1, 0.15) is 10.7 Å². The molecule has 1 atom stereocenters. The average molecular weight is 722 g/mol. The first-order valence-corrected chi connectivity index (χ1v) is 18.9. The van der Waals surface area contributed by atoms with E-state index in [0.717, 1.165) is 39.5 Å². The Bertz CT molecular complexity index is 2010. The van der Waals surface area contributed by atoms with Crippen molar-refractivity contribution in [3.63, 3.8) is 0 Å². The van der Waals surface area contributed by atoms with Crippen LogP contribution in [0.2, 0.25) is 0 Å². The van der Waals surface area contributed by atoms with Crippen LogP contribution in [0.4, 0.5) is 10.7 Å². The molecule has 3 amide bonds. The van der Waals surface area contributed by atoms with E-state index in [1.54, 1.807) is 55.5 Å². The highest BCUT2D eigenvalue weighted by atomic mass is 32.2. The van der Waals surface area contributed by atoms with Crippen LogP contribution >= 0.6 is 34.4 Å². The zero-order valence-electron chi connectivity index (χ0n) is 27.3. The normalized spacial score (nSPS) is 13.9. The third-order valence-electron chi connectivity index (χ3n) is 8.09. The van der Waals surface area contributed by atoms with E-state index in [0.29, 0.717) is 27.7 Å². The summed E-state index contributed by atoms with van der Waals surface area (Å²) in [5.41, 5.74) is 3.75. The number of esters is 1. The van der Waals surface area contributed by atoms with Gasteiger partial charge in [-0.05, 0) is 91.1 Å². The van der Waals surface area contributed by atoms with Crippen molar-refractivity contribution >= 4 is 74.9 Å². The number of anilines is 2. The first-order chi connectivity index (χ1) is 24.4. The van der Waals surface area contributed by atoms with Crippen LogP contribution in [0.5, 0.6) is 0 Å². The second-order valence-electron chi connectivity index (χ2n) is 11.5. The average Bonchev–Trinajstić information content (AvgIpc) is 3.78. The molecule has 11 heteroatoms. The number of hydrogen-bond donors (Lipinski definition) is 3. The zero-order valence-corrected chi connectivity index (χ0v) is 29.7. The van der Waals surface area contributed by atoms with Crippen LogP contribution in [0.25, 0.3) is 6.08 Å². The molecule has 50 heavy (non-hydrogen) atoms. The Morgan fingerprint density at radius 3 is 2.44 bits per heavy atom. The number of thiophene rings is 2. The summed E-state index contributed by atoms with van der Waals surface area (Å²) in [7, 11) is 0. The van der Waals surface area contributed by atoms with Gasteiger partial charge in [0, 0.05) is 25.9 Å². The number of nitrogens with one attached hydrogen (secondary N) is 3. The first-order valence-electron chi connectivity index (χ1n) is 16.2. The molecule has 0 spiro atoms. The second kappa shape index (κ2) is 16.6. The summed E-state index contributed by atoms with van der Waals surface area (Å²) < 4.78 is 5.40. The summed E-state index contributed by atoms with van der Waals surface area (Å²) in [6, 6.07) is 30.0. The molecular formula is C39H35N3O5S3. The van der Waals surface area contributed by atoms with E-state index in [4.69, 9.17) is 4.74 Å². The molecule has 0 saturated heterocycles. The van der Waals surface area contributed by atoms with Gasteiger partial charge in [-0.25, -0.2) is 4.79 Å². The first kappa shape index (κ1) is 34.9. The van der Waals surface area contributed by atoms with Gasteiger partial charge in [0.05, 0.1) is 17.9 Å². The molecule has 254 valence electrons. The molecule has 1 aliphatic rings. The van der Waals surface area contributed by atoms with Crippen LogP contribution in [-0.4, -0.2) is 36.1 Å². The quantitative estimate of drug-likeness (QED) is 0.0678. The van der Waals surface area contributed by atoms with E-state index in [1.165, 1.54) is 40.0 Å². The lowest BCUT2D eigenvalue weighted by molar-refractivity contribution is -0.114. The van der Waals surface area contributed by atoms with Gasteiger partial charge in [0.25, 0.3) is 11.8 Å². The molecule has 2 aromatic heterocycles. The van der Waals surface area contributed by atoms with Gasteiger partial charge in [-0.2, -0.15) is 0 Å². The van der Waals surface area contributed by atoms with Crippen molar-refractivity contribution in [3.8, 4) is 0 Å². The molecule has 0 saturated carbocycles. The van der Waals surface area contributed by atoms with E-state index in [-0.39, 0.29) is 24.0 Å². The Kier molecular flexibility index (Phi) is 11.6. The molecule has 2 heterocycles. The third kappa shape index (κ3) is 8.78. The Balaban J connectivity index is 1.11. The highest BCUT2D eigenvalue weighted by Gasteiger charge is 2.31. The Labute approximate surface area is 303 Å². The van der Waals surface area contributed by atoms with Crippen molar-refractivity contribution in [3.05, 3.63) is 140 Å². The summed E-state index contributed by atoms with van der Waals surface area (Å²) in [4.78, 5) is 55.3. The van der Waals surface area contributed by atoms with Gasteiger partial charge >= 0.3 is 5.97 Å². The van der Waals surface area contributed by atoms with Crippen LogP contribution in [0.15, 0.2) is 113 Å². The minimum atomic E-state index is -0.481. The van der Waals surface area contributed by atoms with Gasteiger partial charge < -0.3 is 20.7 Å². The lowest BCUT2D eigenvalue weighted by Gasteiger charge is -2.23. The fourth-order valence-electron chi connectivity index (χ4n) is 5.73. The van der Waals surface area contributed by atoms with E-state index >= 15 is 0 Å². The molecule has 0 aliphatic heterocycles. The molecule has 0 fully saturated rings. The lowest BCUT2D eigenvalue weighted by atomic mass is 9.83. The monoisotopic (exact) mass is 721 g/mol. The predicted octanol–water partition coefficient (Wildman–Crippen LogP) is 8.40. The van der Waals surface area contributed by atoms with Crippen LogP contribution in [-0.2, 0) is 27.2 Å². The fraction of sp³-hybridized carbons (Fsp3) is 0.179. The largest absolute Gasteiger partial charge is 0.462 e. The molecular weight excluding hydrogens is 687 g/mol. The predicted molar refractivity (Wildman–Crippen MR) is 202 cm³/mol. The van der Waals surface area contributed by atoms with Gasteiger partial charge in [-0.3, -0.25) is 14.4 Å². The van der Waals surface area contributed by atoms with Crippen molar-refractivity contribution in [2.45, 2.75) is 37.0 Å². The van der Waals surface area contributed by atoms with E-state index < -0.39 is 17.8 Å². The molecule has 0 bridgehead atoms. The highest BCUT2D eigenvalue weighted by Crippen LogP contribution is 2.43. The lowest BCUT2D eigenvalue weighted by Crippen LogP contribution is -2.30. The van der Waals surface area contributed by atoms with E-state index in [9.17, 15) is 19.2 Å². The minimum absolute atomic E-state index is 0.0888. The number of amides is 3. The van der Waals surface area contributed by atoms with E-state index in [2.05, 4.69) is 28.1 Å². The van der Waals surface area contributed by atoms with Crippen LogP contribution in [0.3, 0.4) is 0 Å². The maximum absolute atomic E-state index is 13.4. The van der Waals surface area contributed by atoms with Crippen molar-refractivity contribution in [2.24, 2.45) is 0 Å². The summed E-state index contributed by atoms with van der Waals surface area (Å²) >= 11 is 4.21.